The first-order chi connectivity index (χ1) is 11.5. The topological polar surface area (TPSA) is 122 Å². The van der Waals surface area contributed by atoms with Crippen LogP contribution in [-0.4, -0.2) is 36.6 Å². The van der Waals surface area contributed by atoms with E-state index < -0.39 is 25.8 Å². The zero-order valence-corrected chi connectivity index (χ0v) is 16.2. The molecule has 1 aromatic heterocycles. The lowest BCUT2D eigenvalue weighted by Gasteiger charge is -2.39. The van der Waals surface area contributed by atoms with Gasteiger partial charge in [-0.05, 0) is 23.7 Å². The fourth-order valence-corrected chi connectivity index (χ4v) is 3.82. The van der Waals surface area contributed by atoms with Gasteiger partial charge in [-0.1, -0.05) is 25.9 Å². The van der Waals surface area contributed by atoms with E-state index in [1.807, 2.05) is 0 Å². The van der Waals surface area contributed by atoms with Crippen LogP contribution in [0.15, 0.2) is 27.0 Å². The highest BCUT2D eigenvalue weighted by molar-refractivity contribution is 6.74. The minimum atomic E-state index is -2.10. The monoisotopic (exact) mass is 367 g/mol. The number of nitrogens with zero attached hydrogens (tertiary/aromatic N) is 4. The second kappa shape index (κ2) is 7.16. The molecule has 3 atom stereocenters. The molecule has 138 valence electrons. The molecule has 0 bridgehead atoms. The van der Waals surface area contributed by atoms with Crippen LogP contribution < -0.4 is 11.2 Å². The first kappa shape index (κ1) is 19.5. The fourth-order valence-electron chi connectivity index (χ4n) is 2.49. The number of hydrogen-bond donors (Lipinski definition) is 1. The van der Waals surface area contributed by atoms with Gasteiger partial charge in [-0.3, -0.25) is 14.3 Å². The van der Waals surface area contributed by atoms with Crippen LogP contribution in [0.2, 0.25) is 18.1 Å². The summed E-state index contributed by atoms with van der Waals surface area (Å²) in [6, 6.07) is 1.27. The van der Waals surface area contributed by atoms with E-state index in [-0.39, 0.29) is 23.8 Å². The van der Waals surface area contributed by atoms with Crippen molar-refractivity contribution in [3.63, 3.8) is 0 Å². The first-order valence-electron chi connectivity index (χ1n) is 8.21. The summed E-state index contributed by atoms with van der Waals surface area (Å²) in [6.45, 7) is 10.8. The van der Waals surface area contributed by atoms with Crippen molar-refractivity contribution in [3.05, 3.63) is 43.5 Å². The molecule has 0 aromatic carbocycles. The molecule has 2 rings (SSSR count). The minimum absolute atomic E-state index is 0.00357. The quantitative estimate of drug-likeness (QED) is 0.372. The first-order valence-corrected chi connectivity index (χ1v) is 11.1. The number of ether oxygens (including phenoxy) is 1. The zero-order valence-electron chi connectivity index (χ0n) is 15.2. The summed E-state index contributed by atoms with van der Waals surface area (Å²) >= 11 is 0. The van der Waals surface area contributed by atoms with Gasteiger partial charge in [0.05, 0.1) is 18.8 Å². The van der Waals surface area contributed by atoms with Crippen molar-refractivity contribution >= 4 is 8.32 Å². The van der Waals surface area contributed by atoms with Crippen molar-refractivity contribution in [3.8, 4) is 0 Å². The molecule has 0 radical (unpaired) electrons. The van der Waals surface area contributed by atoms with Crippen molar-refractivity contribution in [2.45, 2.75) is 63.8 Å². The average molecular weight is 367 g/mol. The number of aromatic amines is 1. The van der Waals surface area contributed by atoms with Crippen molar-refractivity contribution in [1.82, 2.24) is 9.55 Å². The van der Waals surface area contributed by atoms with E-state index in [2.05, 4.69) is 48.9 Å². The Morgan fingerprint density at radius 2 is 2.16 bits per heavy atom. The maximum atomic E-state index is 12.2. The molecule has 0 amide bonds. The fraction of sp³-hybridized carbons (Fsp3) is 0.733. The lowest BCUT2D eigenvalue weighted by molar-refractivity contribution is -0.0335. The third-order valence-corrected chi connectivity index (χ3v) is 9.38. The molecule has 1 aliphatic rings. The summed E-state index contributed by atoms with van der Waals surface area (Å²) in [7, 11) is -2.10. The van der Waals surface area contributed by atoms with Gasteiger partial charge >= 0.3 is 5.69 Å². The summed E-state index contributed by atoms with van der Waals surface area (Å²) in [4.78, 5) is 28.5. The molecular formula is C15H25N5O4Si. The number of nitrogens with one attached hydrogen (secondary N) is 1. The van der Waals surface area contributed by atoms with Gasteiger partial charge in [0, 0.05) is 23.6 Å². The second-order valence-corrected chi connectivity index (χ2v) is 12.5. The third kappa shape index (κ3) is 4.40. The van der Waals surface area contributed by atoms with Gasteiger partial charge in [0.15, 0.2) is 14.5 Å². The third-order valence-electron chi connectivity index (χ3n) is 4.87. The van der Waals surface area contributed by atoms with Crippen LogP contribution in [0.4, 0.5) is 0 Å². The lowest BCUT2D eigenvalue weighted by Crippen LogP contribution is -2.46. The predicted octanol–water partition coefficient (Wildman–Crippen LogP) is 2.52. The van der Waals surface area contributed by atoms with Crippen LogP contribution in [0, 0.1) is 0 Å². The average Bonchev–Trinajstić information content (AvgIpc) is 2.86. The van der Waals surface area contributed by atoms with Crippen LogP contribution in [-0.2, 0) is 9.16 Å². The van der Waals surface area contributed by atoms with Gasteiger partial charge in [-0.2, -0.15) is 0 Å². The Bertz CT molecular complexity index is 775. The molecule has 10 heteroatoms. The molecule has 1 fully saturated rings. The van der Waals surface area contributed by atoms with Crippen molar-refractivity contribution in [1.29, 1.82) is 0 Å². The number of azide groups is 1. The Hall–Kier alpha value is -1.87. The number of H-pyrrole nitrogens is 1. The van der Waals surface area contributed by atoms with Gasteiger partial charge in [-0.25, -0.2) is 4.79 Å². The highest BCUT2D eigenvalue weighted by Crippen LogP contribution is 2.41. The SMILES string of the molecule is CC(C)(C)[Si](C)(C)OC1CC(CN=[N+]=[N-])OC1n1ccc(=O)[nH]c1=O. The molecule has 1 saturated heterocycles. The Morgan fingerprint density at radius 1 is 1.48 bits per heavy atom. The van der Waals surface area contributed by atoms with Crippen molar-refractivity contribution < 1.29 is 9.16 Å². The van der Waals surface area contributed by atoms with Crippen molar-refractivity contribution in [2.24, 2.45) is 5.11 Å². The van der Waals surface area contributed by atoms with Crippen LogP contribution in [0.3, 0.4) is 0 Å². The summed E-state index contributed by atoms with van der Waals surface area (Å²) < 4.78 is 13.7. The van der Waals surface area contributed by atoms with E-state index in [0.29, 0.717) is 6.42 Å². The molecule has 0 spiro atoms. The molecule has 2 heterocycles. The van der Waals surface area contributed by atoms with Crippen LogP contribution >= 0.6 is 0 Å². The van der Waals surface area contributed by atoms with Gasteiger partial charge in [-0.15, -0.1) is 0 Å². The Kier molecular flexibility index (Phi) is 5.57. The molecule has 1 N–H and O–H groups in total. The molecule has 3 unspecified atom stereocenters. The van der Waals surface area contributed by atoms with Gasteiger partial charge in [0.25, 0.3) is 5.56 Å². The zero-order chi connectivity index (χ0) is 18.8. The molecule has 9 nitrogen and oxygen atoms in total. The van der Waals surface area contributed by atoms with E-state index in [4.69, 9.17) is 14.7 Å². The van der Waals surface area contributed by atoms with Crippen LogP contribution in [0.25, 0.3) is 10.4 Å². The second-order valence-electron chi connectivity index (χ2n) is 7.73. The Labute approximate surface area is 146 Å². The predicted molar refractivity (Wildman–Crippen MR) is 95.9 cm³/mol. The molecule has 0 saturated carbocycles. The van der Waals surface area contributed by atoms with E-state index in [9.17, 15) is 9.59 Å². The largest absolute Gasteiger partial charge is 0.409 e. The van der Waals surface area contributed by atoms with E-state index >= 15 is 0 Å². The van der Waals surface area contributed by atoms with Crippen molar-refractivity contribution in [2.75, 3.05) is 6.54 Å². The smallest absolute Gasteiger partial charge is 0.330 e. The van der Waals surface area contributed by atoms with Gasteiger partial charge < -0.3 is 9.16 Å². The molecule has 1 aromatic rings. The van der Waals surface area contributed by atoms with Crippen LogP contribution in [0.5, 0.6) is 0 Å². The highest BCUT2D eigenvalue weighted by atomic mass is 28.4. The maximum absolute atomic E-state index is 12.2. The molecular weight excluding hydrogens is 342 g/mol. The number of hydrogen-bond acceptors (Lipinski definition) is 5. The minimum Gasteiger partial charge on any atom is -0.409 e. The molecule has 0 aliphatic carbocycles. The maximum Gasteiger partial charge on any atom is 0.330 e. The van der Waals surface area contributed by atoms with E-state index in [0.717, 1.165) is 0 Å². The van der Waals surface area contributed by atoms with Crippen LogP contribution in [0.1, 0.15) is 33.4 Å². The Balaban J connectivity index is 2.34. The molecule has 1 aliphatic heterocycles. The normalized spacial score (nSPS) is 24.1. The van der Waals surface area contributed by atoms with E-state index in [1.165, 1.54) is 16.8 Å². The standard InChI is InChI=1S/C15H25N5O4Si/c1-15(2,3)25(4,5)24-11-8-10(9-17-19-16)23-13(11)20-7-6-12(21)18-14(20)22/h6-7,10-11,13H,8-9H2,1-5H3,(H,18,21,22). The summed E-state index contributed by atoms with van der Waals surface area (Å²) in [5.74, 6) is 0. The lowest BCUT2D eigenvalue weighted by atomic mass is 10.2. The van der Waals surface area contributed by atoms with Gasteiger partial charge in [0.1, 0.15) is 0 Å². The van der Waals surface area contributed by atoms with Gasteiger partial charge in [0.2, 0.25) is 0 Å². The highest BCUT2D eigenvalue weighted by Gasteiger charge is 2.45. The number of rotatable bonds is 5. The summed E-state index contributed by atoms with van der Waals surface area (Å²) in [5, 5.41) is 3.56. The number of aromatic nitrogens is 2. The van der Waals surface area contributed by atoms with E-state index in [1.54, 1.807) is 0 Å². The molecule has 25 heavy (non-hydrogen) atoms. The summed E-state index contributed by atoms with van der Waals surface area (Å²) in [6.07, 6.45) is 0.557. The Morgan fingerprint density at radius 3 is 2.72 bits per heavy atom. The summed E-state index contributed by atoms with van der Waals surface area (Å²) in [5.41, 5.74) is 7.51.